The van der Waals surface area contributed by atoms with E-state index in [0.717, 1.165) is 11.5 Å². The fraction of sp³-hybridized carbons (Fsp3) is 0. The Bertz CT molecular complexity index is 2080. The van der Waals surface area contributed by atoms with Crippen LogP contribution in [-0.4, -0.2) is 14.1 Å². The first-order valence-corrected chi connectivity index (χ1v) is 12.2. The summed E-state index contributed by atoms with van der Waals surface area (Å²) >= 11 is 0. The van der Waals surface area contributed by atoms with Crippen molar-refractivity contribution in [2.24, 2.45) is 0 Å². The largest absolute Gasteiger partial charge is 0.309 e. The molecule has 0 saturated carbocycles. The molecule has 0 spiro atoms. The lowest BCUT2D eigenvalue weighted by Crippen LogP contribution is -1.97. The molecule has 0 aliphatic carbocycles. The van der Waals surface area contributed by atoms with Gasteiger partial charge in [-0.3, -0.25) is 4.57 Å². The Balaban J connectivity index is 1.69. The number of hydrogen-bond donors (Lipinski definition) is 0. The van der Waals surface area contributed by atoms with Gasteiger partial charge in [0.05, 0.1) is 22.1 Å². The van der Waals surface area contributed by atoms with Gasteiger partial charge in [0.2, 0.25) is 0 Å². The highest BCUT2D eigenvalue weighted by Gasteiger charge is 2.21. The second kappa shape index (κ2) is 7.30. The third-order valence-electron chi connectivity index (χ3n) is 7.34. The zero-order chi connectivity index (χ0) is 23.6. The van der Waals surface area contributed by atoms with Crippen molar-refractivity contribution in [3.8, 4) is 11.5 Å². The second-order valence-electron chi connectivity index (χ2n) is 9.25. The van der Waals surface area contributed by atoms with Gasteiger partial charge in [0.1, 0.15) is 5.82 Å². The number of nitrogens with zero attached hydrogens (tertiary/aromatic N) is 3. The Morgan fingerprint density at radius 3 is 2.06 bits per heavy atom. The fourth-order valence-corrected chi connectivity index (χ4v) is 5.89. The Morgan fingerprint density at radius 1 is 0.444 bits per heavy atom. The lowest BCUT2D eigenvalue weighted by molar-refractivity contribution is 1.08. The molecule has 0 aliphatic heterocycles. The number of hydrogen-bond acceptors (Lipinski definition) is 1. The molecule has 0 saturated heterocycles. The van der Waals surface area contributed by atoms with Gasteiger partial charge in [0, 0.05) is 38.8 Å². The second-order valence-corrected chi connectivity index (χ2v) is 9.25. The van der Waals surface area contributed by atoms with Gasteiger partial charge in [-0.1, -0.05) is 84.9 Å². The summed E-state index contributed by atoms with van der Waals surface area (Å²) in [5.41, 5.74) is 5.95. The predicted molar refractivity (Wildman–Crippen MR) is 150 cm³/mol. The predicted octanol–water partition coefficient (Wildman–Crippen LogP) is 8.43. The van der Waals surface area contributed by atoms with Crippen LogP contribution in [0.3, 0.4) is 0 Å². The first kappa shape index (κ1) is 19.4. The van der Waals surface area contributed by atoms with Crippen molar-refractivity contribution in [2.75, 3.05) is 0 Å². The zero-order valence-electron chi connectivity index (χ0n) is 19.5. The molecule has 0 bridgehead atoms. The first-order chi connectivity index (χ1) is 17.9. The molecule has 3 nitrogen and oxygen atoms in total. The first-order valence-electron chi connectivity index (χ1n) is 12.2. The monoisotopic (exact) mass is 459 g/mol. The van der Waals surface area contributed by atoms with Crippen LogP contribution in [0.2, 0.25) is 0 Å². The lowest BCUT2D eigenvalue weighted by atomic mass is 10.0. The van der Waals surface area contributed by atoms with Gasteiger partial charge in [-0.05, 0) is 41.8 Å². The van der Waals surface area contributed by atoms with Crippen LogP contribution >= 0.6 is 0 Å². The van der Waals surface area contributed by atoms with Crippen molar-refractivity contribution in [3.05, 3.63) is 128 Å². The molecule has 0 aliphatic rings. The van der Waals surface area contributed by atoms with E-state index in [-0.39, 0.29) is 0 Å². The molecule has 168 valence electrons. The maximum atomic E-state index is 4.78. The molecule has 5 aromatic carbocycles. The van der Waals surface area contributed by atoms with Crippen LogP contribution in [0.5, 0.6) is 0 Å². The van der Waals surface area contributed by atoms with E-state index in [1.54, 1.807) is 0 Å². The Labute approximate surface area is 207 Å². The summed E-state index contributed by atoms with van der Waals surface area (Å²) in [7, 11) is 0. The van der Waals surface area contributed by atoms with Gasteiger partial charge < -0.3 is 4.57 Å². The standard InChI is InChI=1S/C33H21N3/c1-2-11-23(12-3-1)35-29-20-19-26-25-14-6-7-15-28(25)36(30-16-8-9-21-34-30)33(26)31(29)27-18-17-22-10-4-5-13-24(22)32(27)35/h1-21H. The highest BCUT2D eigenvalue weighted by Crippen LogP contribution is 2.43. The van der Waals surface area contributed by atoms with E-state index in [9.17, 15) is 0 Å². The number of aromatic nitrogens is 3. The summed E-state index contributed by atoms with van der Waals surface area (Å²) in [6, 6.07) is 43.2. The van der Waals surface area contributed by atoms with Gasteiger partial charge in [0.15, 0.2) is 0 Å². The van der Waals surface area contributed by atoms with E-state index in [1.165, 1.54) is 54.4 Å². The van der Waals surface area contributed by atoms with Crippen molar-refractivity contribution < 1.29 is 0 Å². The lowest BCUT2D eigenvalue weighted by Gasteiger charge is -2.10. The number of para-hydroxylation sites is 2. The molecule has 8 rings (SSSR count). The maximum absolute atomic E-state index is 4.78. The summed E-state index contributed by atoms with van der Waals surface area (Å²) in [6.07, 6.45) is 1.87. The third kappa shape index (κ3) is 2.54. The Morgan fingerprint density at radius 2 is 1.19 bits per heavy atom. The van der Waals surface area contributed by atoms with Gasteiger partial charge in [-0.15, -0.1) is 0 Å². The van der Waals surface area contributed by atoms with Crippen LogP contribution in [0, 0.1) is 0 Å². The van der Waals surface area contributed by atoms with E-state index < -0.39 is 0 Å². The van der Waals surface area contributed by atoms with Crippen molar-refractivity contribution in [3.63, 3.8) is 0 Å². The minimum Gasteiger partial charge on any atom is -0.309 e. The van der Waals surface area contributed by atoms with Crippen LogP contribution in [-0.2, 0) is 0 Å². The highest BCUT2D eigenvalue weighted by atomic mass is 15.1. The molecule has 0 atom stereocenters. The SMILES string of the molecule is c1ccc(-n2c3ccc4c5ccccc5n(-c5ccccn5)c4c3c3ccc4ccccc4c32)cc1. The van der Waals surface area contributed by atoms with E-state index in [1.807, 2.05) is 12.3 Å². The number of rotatable bonds is 2. The minimum absolute atomic E-state index is 0.928. The van der Waals surface area contributed by atoms with E-state index >= 15 is 0 Å². The van der Waals surface area contributed by atoms with Crippen LogP contribution in [0.25, 0.3) is 65.9 Å². The van der Waals surface area contributed by atoms with Crippen molar-refractivity contribution >= 4 is 54.4 Å². The summed E-state index contributed by atoms with van der Waals surface area (Å²) in [4.78, 5) is 4.78. The summed E-state index contributed by atoms with van der Waals surface area (Å²) in [6.45, 7) is 0. The molecular weight excluding hydrogens is 438 g/mol. The molecule has 0 fully saturated rings. The van der Waals surface area contributed by atoms with Gasteiger partial charge >= 0.3 is 0 Å². The van der Waals surface area contributed by atoms with Gasteiger partial charge in [0.25, 0.3) is 0 Å². The number of fused-ring (bicyclic) bond motifs is 9. The number of benzene rings is 5. The van der Waals surface area contributed by atoms with E-state index in [2.05, 4.69) is 124 Å². The molecule has 8 aromatic rings. The van der Waals surface area contributed by atoms with Gasteiger partial charge in [-0.25, -0.2) is 4.98 Å². The fourth-order valence-electron chi connectivity index (χ4n) is 5.89. The highest BCUT2D eigenvalue weighted by molar-refractivity contribution is 6.29. The topological polar surface area (TPSA) is 22.8 Å². The summed E-state index contributed by atoms with van der Waals surface area (Å²) < 4.78 is 4.75. The van der Waals surface area contributed by atoms with Crippen molar-refractivity contribution in [1.29, 1.82) is 0 Å². The third-order valence-corrected chi connectivity index (χ3v) is 7.34. The normalized spacial score (nSPS) is 11.9. The Kier molecular flexibility index (Phi) is 3.94. The Hall–Kier alpha value is -4.89. The van der Waals surface area contributed by atoms with Crippen molar-refractivity contribution in [1.82, 2.24) is 14.1 Å². The zero-order valence-corrected chi connectivity index (χ0v) is 19.5. The molecule has 0 radical (unpaired) electrons. The smallest absolute Gasteiger partial charge is 0.137 e. The van der Waals surface area contributed by atoms with Crippen LogP contribution < -0.4 is 0 Å². The molecule has 36 heavy (non-hydrogen) atoms. The number of pyridine rings is 1. The van der Waals surface area contributed by atoms with Gasteiger partial charge in [-0.2, -0.15) is 0 Å². The molecular formula is C33H21N3. The van der Waals surface area contributed by atoms with Crippen molar-refractivity contribution in [2.45, 2.75) is 0 Å². The van der Waals surface area contributed by atoms with Crippen LogP contribution in [0.15, 0.2) is 128 Å². The quantitative estimate of drug-likeness (QED) is 0.254. The molecule has 0 amide bonds. The van der Waals surface area contributed by atoms with Crippen LogP contribution in [0.1, 0.15) is 0 Å². The molecule has 0 N–H and O–H groups in total. The van der Waals surface area contributed by atoms with E-state index in [0.29, 0.717) is 0 Å². The molecule has 3 heteroatoms. The minimum atomic E-state index is 0.928. The average molecular weight is 460 g/mol. The van der Waals surface area contributed by atoms with E-state index in [4.69, 9.17) is 4.98 Å². The molecule has 0 unspecified atom stereocenters. The maximum Gasteiger partial charge on any atom is 0.137 e. The summed E-state index contributed by atoms with van der Waals surface area (Å²) in [5.74, 6) is 0.928. The molecule has 3 heterocycles. The molecule has 3 aromatic heterocycles. The van der Waals surface area contributed by atoms with Crippen LogP contribution in [0.4, 0.5) is 0 Å². The average Bonchev–Trinajstić information content (AvgIpc) is 3.47. The summed E-state index contributed by atoms with van der Waals surface area (Å²) in [5, 5.41) is 7.47.